The van der Waals surface area contributed by atoms with Crippen molar-refractivity contribution in [2.75, 3.05) is 6.61 Å². The molecule has 1 saturated carbocycles. The lowest BCUT2D eigenvalue weighted by molar-refractivity contribution is 0.288. The first-order valence-corrected chi connectivity index (χ1v) is 7.01. The largest absolute Gasteiger partial charge is 0.494 e. The van der Waals surface area contributed by atoms with Gasteiger partial charge in [0, 0.05) is 13.0 Å². The third-order valence-electron chi connectivity index (χ3n) is 3.31. The summed E-state index contributed by atoms with van der Waals surface area (Å²) in [5, 5.41) is 4.43. The molecule has 0 bridgehead atoms. The Kier molecular flexibility index (Phi) is 3.58. The summed E-state index contributed by atoms with van der Waals surface area (Å²) in [5.74, 6) is 4.05. The molecule has 1 fully saturated rings. The van der Waals surface area contributed by atoms with Crippen LogP contribution in [0.2, 0.25) is 0 Å². The standard InChI is InChI=1S/C15H19N3O2/c1-3-19-12-6-8-13(9-7-12)20-10-14-16-15(11-4-5-11)17-18(14)2/h6-9,11H,3-5,10H2,1-2H3. The summed E-state index contributed by atoms with van der Waals surface area (Å²) in [6, 6.07) is 7.63. The van der Waals surface area contributed by atoms with Gasteiger partial charge in [-0.2, -0.15) is 5.10 Å². The van der Waals surface area contributed by atoms with E-state index in [0.717, 1.165) is 23.1 Å². The number of hydrogen-bond acceptors (Lipinski definition) is 4. The maximum atomic E-state index is 5.74. The Balaban J connectivity index is 1.60. The van der Waals surface area contributed by atoms with Crippen molar-refractivity contribution < 1.29 is 9.47 Å². The molecule has 5 nitrogen and oxygen atoms in total. The van der Waals surface area contributed by atoms with Crippen molar-refractivity contribution in [2.45, 2.75) is 32.3 Å². The second kappa shape index (κ2) is 5.53. The zero-order valence-corrected chi connectivity index (χ0v) is 11.9. The van der Waals surface area contributed by atoms with Gasteiger partial charge in [-0.25, -0.2) is 9.67 Å². The van der Waals surface area contributed by atoms with Crippen LogP contribution in [0.3, 0.4) is 0 Å². The van der Waals surface area contributed by atoms with Crippen molar-refractivity contribution in [3.63, 3.8) is 0 Å². The molecule has 2 aromatic rings. The first-order chi connectivity index (χ1) is 9.76. The molecule has 1 aliphatic carbocycles. The molecule has 0 amide bonds. The zero-order chi connectivity index (χ0) is 13.9. The zero-order valence-electron chi connectivity index (χ0n) is 11.9. The van der Waals surface area contributed by atoms with Crippen LogP contribution in [0.5, 0.6) is 11.5 Å². The average Bonchev–Trinajstić information content (AvgIpc) is 3.23. The average molecular weight is 273 g/mol. The van der Waals surface area contributed by atoms with Crippen LogP contribution in [-0.4, -0.2) is 21.4 Å². The van der Waals surface area contributed by atoms with Crippen molar-refractivity contribution in [2.24, 2.45) is 7.05 Å². The predicted molar refractivity (Wildman–Crippen MR) is 74.9 cm³/mol. The number of aryl methyl sites for hydroxylation is 1. The molecule has 3 rings (SSSR count). The number of hydrogen-bond donors (Lipinski definition) is 0. The van der Waals surface area contributed by atoms with Gasteiger partial charge in [0.1, 0.15) is 18.1 Å². The van der Waals surface area contributed by atoms with Gasteiger partial charge in [-0.15, -0.1) is 0 Å². The molecule has 0 aliphatic heterocycles. The first kappa shape index (κ1) is 13.0. The third-order valence-corrected chi connectivity index (χ3v) is 3.31. The van der Waals surface area contributed by atoms with Crippen molar-refractivity contribution in [3.05, 3.63) is 35.9 Å². The minimum Gasteiger partial charge on any atom is -0.494 e. The van der Waals surface area contributed by atoms with Gasteiger partial charge in [0.05, 0.1) is 6.61 Å². The van der Waals surface area contributed by atoms with Gasteiger partial charge < -0.3 is 9.47 Å². The van der Waals surface area contributed by atoms with E-state index in [-0.39, 0.29) is 0 Å². The van der Waals surface area contributed by atoms with Crippen LogP contribution in [0.25, 0.3) is 0 Å². The van der Waals surface area contributed by atoms with Gasteiger partial charge in [-0.1, -0.05) is 0 Å². The number of rotatable bonds is 6. The molecule has 106 valence electrons. The fraction of sp³-hybridized carbons (Fsp3) is 0.467. The minimum absolute atomic E-state index is 0.435. The molecule has 1 aromatic heterocycles. The Morgan fingerprint density at radius 1 is 1.15 bits per heavy atom. The maximum absolute atomic E-state index is 5.74. The lowest BCUT2D eigenvalue weighted by Crippen LogP contribution is -2.04. The van der Waals surface area contributed by atoms with Crippen molar-refractivity contribution >= 4 is 0 Å². The maximum Gasteiger partial charge on any atom is 0.164 e. The van der Waals surface area contributed by atoms with Crippen LogP contribution >= 0.6 is 0 Å². The quantitative estimate of drug-likeness (QED) is 0.812. The normalized spacial score (nSPS) is 14.3. The van der Waals surface area contributed by atoms with E-state index in [9.17, 15) is 0 Å². The Morgan fingerprint density at radius 2 is 1.80 bits per heavy atom. The molecule has 0 unspecified atom stereocenters. The summed E-state index contributed by atoms with van der Waals surface area (Å²) in [4.78, 5) is 4.54. The van der Waals surface area contributed by atoms with Gasteiger partial charge in [0.25, 0.3) is 0 Å². The fourth-order valence-corrected chi connectivity index (χ4v) is 2.03. The molecule has 1 aromatic carbocycles. The molecule has 1 aliphatic rings. The lowest BCUT2D eigenvalue weighted by atomic mass is 10.3. The van der Waals surface area contributed by atoms with Crippen LogP contribution < -0.4 is 9.47 Å². The highest BCUT2D eigenvalue weighted by Gasteiger charge is 2.28. The van der Waals surface area contributed by atoms with Gasteiger partial charge in [-0.3, -0.25) is 0 Å². The van der Waals surface area contributed by atoms with E-state index in [1.807, 2.05) is 42.9 Å². The van der Waals surface area contributed by atoms with Gasteiger partial charge in [-0.05, 0) is 44.0 Å². The van der Waals surface area contributed by atoms with Crippen LogP contribution in [0, 0.1) is 0 Å². The molecular weight excluding hydrogens is 254 g/mol. The predicted octanol–water partition coefficient (Wildman–Crippen LogP) is 2.67. The topological polar surface area (TPSA) is 49.2 Å². The molecule has 0 atom stereocenters. The fourth-order valence-electron chi connectivity index (χ4n) is 2.03. The first-order valence-electron chi connectivity index (χ1n) is 7.01. The smallest absolute Gasteiger partial charge is 0.164 e. The summed E-state index contributed by atoms with van der Waals surface area (Å²) >= 11 is 0. The molecule has 1 heterocycles. The summed E-state index contributed by atoms with van der Waals surface area (Å²) in [5.41, 5.74) is 0. The van der Waals surface area contributed by atoms with Crippen LogP contribution in [0.4, 0.5) is 0 Å². The SMILES string of the molecule is CCOc1ccc(OCc2nc(C3CC3)nn2C)cc1. The van der Waals surface area contributed by atoms with E-state index in [0.29, 0.717) is 19.1 Å². The number of nitrogens with zero attached hydrogens (tertiary/aromatic N) is 3. The van der Waals surface area contributed by atoms with Crippen LogP contribution in [0.1, 0.15) is 37.3 Å². The van der Waals surface area contributed by atoms with E-state index < -0.39 is 0 Å². The van der Waals surface area contributed by atoms with E-state index >= 15 is 0 Å². The molecule has 0 radical (unpaired) electrons. The Morgan fingerprint density at radius 3 is 2.40 bits per heavy atom. The summed E-state index contributed by atoms with van der Waals surface area (Å²) < 4.78 is 12.9. The Hall–Kier alpha value is -2.04. The monoisotopic (exact) mass is 273 g/mol. The number of benzene rings is 1. The number of ether oxygens (including phenoxy) is 2. The Labute approximate surface area is 118 Å². The minimum atomic E-state index is 0.435. The molecular formula is C15H19N3O2. The highest BCUT2D eigenvalue weighted by Crippen LogP contribution is 2.38. The Bertz CT molecular complexity index is 573. The second-order valence-electron chi connectivity index (χ2n) is 4.98. The van der Waals surface area contributed by atoms with Crippen molar-refractivity contribution in [1.29, 1.82) is 0 Å². The highest BCUT2D eigenvalue weighted by molar-refractivity contribution is 5.31. The second-order valence-corrected chi connectivity index (χ2v) is 4.98. The molecule has 5 heteroatoms. The van der Waals surface area contributed by atoms with Crippen LogP contribution in [0.15, 0.2) is 24.3 Å². The van der Waals surface area contributed by atoms with E-state index in [1.54, 1.807) is 0 Å². The molecule has 0 spiro atoms. The van der Waals surface area contributed by atoms with Crippen molar-refractivity contribution in [1.82, 2.24) is 14.8 Å². The molecule has 0 saturated heterocycles. The molecule has 0 N–H and O–H groups in total. The van der Waals surface area contributed by atoms with Gasteiger partial charge in [0.2, 0.25) is 0 Å². The van der Waals surface area contributed by atoms with Crippen LogP contribution in [-0.2, 0) is 13.7 Å². The highest BCUT2D eigenvalue weighted by atomic mass is 16.5. The summed E-state index contributed by atoms with van der Waals surface area (Å²) in [7, 11) is 1.91. The number of aromatic nitrogens is 3. The summed E-state index contributed by atoms with van der Waals surface area (Å²) in [6.45, 7) is 3.07. The van der Waals surface area contributed by atoms with Gasteiger partial charge >= 0.3 is 0 Å². The van der Waals surface area contributed by atoms with Gasteiger partial charge in [0.15, 0.2) is 11.6 Å². The lowest BCUT2D eigenvalue weighted by Gasteiger charge is -2.07. The van der Waals surface area contributed by atoms with E-state index in [1.165, 1.54) is 12.8 Å². The molecule has 20 heavy (non-hydrogen) atoms. The third kappa shape index (κ3) is 2.92. The summed E-state index contributed by atoms with van der Waals surface area (Å²) in [6.07, 6.45) is 2.42. The van der Waals surface area contributed by atoms with Crippen molar-refractivity contribution in [3.8, 4) is 11.5 Å². The van der Waals surface area contributed by atoms with E-state index in [2.05, 4.69) is 10.1 Å². The van der Waals surface area contributed by atoms with E-state index in [4.69, 9.17) is 9.47 Å².